The van der Waals surface area contributed by atoms with Gasteiger partial charge in [-0.25, -0.2) is 4.98 Å². The molecule has 0 spiro atoms. The third-order valence-corrected chi connectivity index (χ3v) is 4.10. The molecule has 24 heavy (non-hydrogen) atoms. The van der Waals surface area contributed by atoms with Crippen LogP contribution in [0.4, 0.5) is 5.69 Å². The number of hydrogen-bond donors (Lipinski definition) is 2. The highest BCUT2D eigenvalue weighted by molar-refractivity contribution is 5.97. The average Bonchev–Trinajstić information content (AvgIpc) is 2.90. The number of nitrogens with one attached hydrogen (secondary N) is 1. The zero-order valence-corrected chi connectivity index (χ0v) is 14.0. The van der Waals surface area contributed by atoms with Crippen LogP contribution in [0.25, 0.3) is 11.0 Å². The largest absolute Gasteiger partial charge is 0.328 e. The summed E-state index contributed by atoms with van der Waals surface area (Å²) in [6, 6.07) is 14.4. The SMILES string of the molecule is CCCn1c(C)nc2cc(NC(=O)[C@H](N)c3ccccc3)ccc21. The van der Waals surface area contributed by atoms with Gasteiger partial charge < -0.3 is 15.6 Å². The Morgan fingerprint density at radius 1 is 1.25 bits per heavy atom. The predicted molar refractivity (Wildman–Crippen MR) is 96.8 cm³/mol. The van der Waals surface area contributed by atoms with E-state index in [1.54, 1.807) is 0 Å². The van der Waals surface area contributed by atoms with E-state index in [2.05, 4.69) is 21.8 Å². The van der Waals surface area contributed by atoms with Crippen LogP contribution in [0.15, 0.2) is 48.5 Å². The fraction of sp³-hybridized carbons (Fsp3) is 0.263. The van der Waals surface area contributed by atoms with Gasteiger partial charge in [-0.05, 0) is 37.1 Å². The first-order chi connectivity index (χ1) is 11.6. The number of rotatable bonds is 5. The number of carbonyl (C=O) groups excluding carboxylic acids is 1. The lowest BCUT2D eigenvalue weighted by atomic mass is 10.1. The summed E-state index contributed by atoms with van der Waals surface area (Å²) in [6.45, 7) is 5.08. The summed E-state index contributed by atoms with van der Waals surface area (Å²) in [6.07, 6.45) is 1.05. The smallest absolute Gasteiger partial charge is 0.245 e. The normalized spacial score (nSPS) is 12.3. The number of nitrogens with zero attached hydrogens (tertiary/aromatic N) is 2. The monoisotopic (exact) mass is 322 g/mol. The Labute approximate surface area is 141 Å². The van der Waals surface area contributed by atoms with Crippen LogP contribution >= 0.6 is 0 Å². The van der Waals surface area contributed by atoms with Crippen molar-refractivity contribution in [1.82, 2.24) is 9.55 Å². The van der Waals surface area contributed by atoms with Gasteiger partial charge in [0.05, 0.1) is 11.0 Å². The van der Waals surface area contributed by atoms with Gasteiger partial charge in [0.1, 0.15) is 11.9 Å². The summed E-state index contributed by atoms with van der Waals surface area (Å²) >= 11 is 0. The fourth-order valence-corrected chi connectivity index (χ4v) is 2.87. The van der Waals surface area contributed by atoms with Gasteiger partial charge in [-0.3, -0.25) is 4.79 Å². The molecule has 1 amide bonds. The Hall–Kier alpha value is -2.66. The van der Waals surface area contributed by atoms with E-state index in [0.717, 1.165) is 35.4 Å². The summed E-state index contributed by atoms with van der Waals surface area (Å²) in [4.78, 5) is 16.9. The first-order valence-electron chi connectivity index (χ1n) is 8.18. The van der Waals surface area contributed by atoms with E-state index in [-0.39, 0.29) is 5.91 Å². The Kier molecular flexibility index (Phi) is 4.62. The summed E-state index contributed by atoms with van der Waals surface area (Å²) in [7, 11) is 0. The average molecular weight is 322 g/mol. The van der Waals surface area contributed by atoms with Crippen LogP contribution in [-0.4, -0.2) is 15.5 Å². The number of benzene rings is 2. The number of hydrogen-bond acceptors (Lipinski definition) is 3. The number of aromatic nitrogens is 2. The second-order valence-corrected chi connectivity index (χ2v) is 5.89. The minimum atomic E-state index is -0.693. The van der Waals surface area contributed by atoms with E-state index >= 15 is 0 Å². The van der Waals surface area contributed by atoms with Crippen molar-refractivity contribution in [1.29, 1.82) is 0 Å². The molecule has 0 aliphatic carbocycles. The molecule has 1 heterocycles. The first-order valence-corrected chi connectivity index (χ1v) is 8.18. The van der Waals surface area contributed by atoms with Crippen LogP contribution in [0.1, 0.15) is 30.8 Å². The van der Waals surface area contributed by atoms with Crippen molar-refractivity contribution in [2.24, 2.45) is 5.73 Å². The van der Waals surface area contributed by atoms with Crippen molar-refractivity contribution in [3.05, 3.63) is 59.9 Å². The minimum absolute atomic E-state index is 0.231. The van der Waals surface area contributed by atoms with Crippen LogP contribution in [-0.2, 0) is 11.3 Å². The number of nitrogens with two attached hydrogens (primary N) is 1. The fourth-order valence-electron chi connectivity index (χ4n) is 2.87. The van der Waals surface area contributed by atoms with E-state index in [1.807, 2.05) is 55.5 Å². The topological polar surface area (TPSA) is 72.9 Å². The van der Waals surface area contributed by atoms with Gasteiger partial charge in [-0.2, -0.15) is 0 Å². The second kappa shape index (κ2) is 6.84. The van der Waals surface area contributed by atoms with Gasteiger partial charge in [0.2, 0.25) is 5.91 Å². The van der Waals surface area contributed by atoms with Crippen molar-refractivity contribution in [2.45, 2.75) is 32.9 Å². The summed E-state index contributed by atoms with van der Waals surface area (Å²) < 4.78 is 2.19. The van der Waals surface area contributed by atoms with Crippen LogP contribution in [0.3, 0.4) is 0 Å². The lowest BCUT2D eigenvalue weighted by Crippen LogP contribution is -2.27. The molecule has 0 unspecified atom stereocenters. The van der Waals surface area contributed by atoms with Gasteiger partial charge in [0.25, 0.3) is 0 Å². The Morgan fingerprint density at radius 2 is 2.00 bits per heavy atom. The molecule has 0 radical (unpaired) electrons. The molecule has 2 aromatic carbocycles. The molecule has 0 saturated heterocycles. The maximum atomic E-state index is 12.4. The van der Waals surface area contributed by atoms with E-state index < -0.39 is 6.04 Å². The minimum Gasteiger partial charge on any atom is -0.328 e. The molecule has 0 bridgehead atoms. The molecule has 0 saturated carbocycles. The Bertz CT molecular complexity index is 854. The summed E-state index contributed by atoms with van der Waals surface area (Å²) in [5.74, 6) is 0.751. The molecule has 124 valence electrons. The Balaban J connectivity index is 1.81. The van der Waals surface area contributed by atoms with Gasteiger partial charge in [-0.1, -0.05) is 37.3 Å². The molecule has 3 aromatic rings. The van der Waals surface area contributed by atoms with Crippen LogP contribution in [0, 0.1) is 6.92 Å². The molecule has 0 aliphatic heterocycles. The lowest BCUT2D eigenvalue weighted by Gasteiger charge is -2.12. The van der Waals surface area contributed by atoms with E-state index in [9.17, 15) is 4.79 Å². The maximum Gasteiger partial charge on any atom is 0.245 e. The summed E-state index contributed by atoms with van der Waals surface area (Å²) in [5.41, 5.74) is 9.50. The molecule has 1 atom stereocenters. The van der Waals surface area contributed by atoms with Crippen LogP contribution < -0.4 is 11.1 Å². The molecular formula is C19H22N4O. The third-order valence-electron chi connectivity index (χ3n) is 4.10. The van der Waals surface area contributed by atoms with E-state index in [1.165, 1.54) is 0 Å². The predicted octanol–water partition coefficient (Wildman–Crippen LogP) is 3.39. The molecule has 1 aromatic heterocycles. The number of imidazole rings is 1. The van der Waals surface area contributed by atoms with Crippen LogP contribution in [0.2, 0.25) is 0 Å². The van der Waals surface area contributed by atoms with Crippen molar-refractivity contribution in [3.8, 4) is 0 Å². The molecule has 0 aliphatic rings. The molecule has 5 heteroatoms. The highest BCUT2D eigenvalue weighted by Gasteiger charge is 2.16. The Morgan fingerprint density at radius 3 is 2.71 bits per heavy atom. The van der Waals surface area contributed by atoms with Crippen molar-refractivity contribution >= 4 is 22.6 Å². The highest BCUT2D eigenvalue weighted by atomic mass is 16.2. The first kappa shape index (κ1) is 16.2. The zero-order chi connectivity index (χ0) is 17.1. The van der Waals surface area contributed by atoms with Crippen molar-refractivity contribution in [3.63, 3.8) is 0 Å². The van der Waals surface area contributed by atoms with Crippen molar-refractivity contribution < 1.29 is 4.79 Å². The maximum absolute atomic E-state index is 12.4. The van der Waals surface area contributed by atoms with Gasteiger partial charge in [0, 0.05) is 12.2 Å². The molecule has 3 N–H and O–H groups in total. The number of amides is 1. The van der Waals surface area contributed by atoms with Gasteiger partial charge in [-0.15, -0.1) is 0 Å². The zero-order valence-electron chi connectivity index (χ0n) is 14.0. The second-order valence-electron chi connectivity index (χ2n) is 5.89. The quantitative estimate of drug-likeness (QED) is 0.756. The van der Waals surface area contributed by atoms with Crippen LogP contribution in [0.5, 0.6) is 0 Å². The van der Waals surface area contributed by atoms with Gasteiger partial charge in [0.15, 0.2) is 0 Å². The van der Waals surface area contributed by atoms with Gasteiger partial charge >= 0.3 is 0 Å². The lowest BCUT2D eigenvalue weighted by molar-refractivity contribution is -0.117. The number of fused-ring (bicyclic) bond motifs is 1. The van der Waals surface area contributed by atoms with Crippen molar-refractivity contribution in [2.75, 3.05) is 5.32 Å². The highest BCUT2D eigenvalue weighted by Crippen LogP contribution is 2.22. The number of carbonyl (C=O) groups is 1. The molecular weight excluding hydrogens is 300 g/mol. The summed E-state index contributed by atoms with van der Waals surface area (Å²) in [5, 5.41) is 2.88. The molecule has 3 rings (SSSR count). The standard InChI is InChI=1S/C19H22N4O/c1-3-11-23-13(2)21-16-12-15(9-10-17(16)23)22-19(24)18(20)14-7-5-4-6-8-14/h4-10,12,18H,3,11,20H2,1-2H3,(H,22,24)/t18-/m1/s1. The molecule has 5 nitrogen and oxygen atoms in total. The number of aryl methyl sites for hydroxylation is 2. The molecule has 0 fully saturated rings. The van der Waals surface area contributed by atoms with E-state index in [0.29, 0.717) is 5.69 Å². The number of anilines is 1. The van der Waals surface area contributed by atoms with E-state index in [4.69, 9.17) is 5.73 Å². The third kappa shape index (κ3) is 3.16.